The van der Waals surface area contributed by atoms with E-state index in [0.717, 1.165) is 16.7 Å². The standard InChI is InChI=1S/C14H20N4O3/c1-9-5-6-11-12(10(2)19)17-18(13(11)16-9)8-4-7-15-14(20)21-3/h5-6,10,19H,4,7-8H2,1-3H3,(H,15,20). The zero-order valence-corrected chi connectivity index (χ0v) is 12.5. The van der Waals surface area contributed by atoms with Crippen LogP contribution in [-0.2, 0) is 11.3 Å². The summed E-state index contributed by atoms with van der Waals surface area (Å²) in [7, 11) is 1.33. The third-order valence-electron chi connectivity index (χ3n) is 3.16. The van der Waals surface area contributed by atoms with Crippen LogP contribution in [0.1, 0.15) is 30.8 Å². The first-order valence-electron chi connectivity index (χ1n) is 6.87. The summed E-state index contributed by atoms with van der Waals surface area (Å²) < 4.78 is 6.27. The van der Waals surface area contributed by atoms with Gasteiger partial charge in [0.25, 0.3) is 0 Å². The van der Waals surface area contributed by atoms with Gasteiger partial charge in [-0.1, -0.05) is 0 Å². The molecule has 0 aliphatic rings. The molecule has 2 rings (SSSR count). The van der Waals surface area contributed by atoms with E-state index < -0.39 is 12.2 Å². The van der Waals surface area contributed by atoms with Gasteiger partial charge in [0.15, 0.2) is 5.65 Å². The van der Waals surface area contributed by atoms with Gasteiger partial charge in [0.1, 0.15) is 5.69 Å². The number of amides is 1. The van der Waals surface area contributed by atoms with Crippen molar-refractivity contribution in [1.82, 2.24) is 20.1 Å². The Balaban J connectivity index is 2.15. The Bertz CT molecular complexity index is 636. The van der Waals surface area contributed by atoms with E-state index >= 15 is 0 Å². The van der Waals surface area contributed by atoms with E-state index in [1.54, 1.807) is 11.6 Å². The number of aliphatic hydroxyl groups is 1. The Morgan fingerprint density at radius 2 is 2.29 bits per heavy atom. The molecule has 7 nitrogen and oxygen atoms in total. The van der Waals surface area contributed by atoms with E-state index in [2.05, 4.69) is 20.1 Å². The molecule has 1 atom stereocenters. The Morgan fingerprint density at radius 1 is 1.52 bits per heavy atom. The maximum Gasteiger partial charge on any atom is 0.406 e. The van der Waals surface area contributed by atoms with Crippen molar-refractivity contribution in [3.05, 3.63) is 23.5 Å². The van der Waals surface area contributed by atoms with Gasteiger partial charge in [-0.2, -0.15) is 5.10 Å². The third-order valence-corrected chi connectivity index (χ3v) is 3.16. The van der Waals surface area contributed by atoms with E-state index in [4.69, 9.17) is 0 Å². The summed E-state index contributed by atoms with van der Waals surface area (Å²) in [4.78, 5) is 15.5. The maximum atomic E-state index is 11.0. The molecule has 2 aromatic rings. The number of pyridine rings is 1. The number of alkyl carbamates (subject to hydrolysis) is 1. The second-order valence-electron chi connectivity index (χ2n) is 4.88. The van der Waals surface area contributed by atoms with Gasteiger partial charge in [0, 0.05) is 24.2 Å². The van der Waals surface area contributed by atoms with Crippen LogP contribution in [-0.4, -0.2) is 39.6 Å². The molecule has 2 N–H and O–H groups in total. The minimum absolute atomic E-state index is 0.445. The second-order valence-corrected chi connectivity index (χ2v) is 4.88. The van der Waals surface area contributed by atoms with Gasteiger partial charge >= 0.3 is 6.09 Å². The van der Waals surface area contributed by atoms with Gasteiger partial charge < -0.3 is 15.2 Å². The molecule has 2 heterocycles. The fourth-order valence-electron chi connectivity index (χ4n) is 2.13. The number of carbonyl (C=O) groups is 1. The minimum Gasteiger partial charge on any atom is -0.453 e. The lowest BCUT2D eigenvalue weighted by Gasteiger charge is -2.05. The first-order chi connectivity index (χ1) is 10.0. The fraction of sp³-hybridized carbons (Fsp3) is 0.500. The normalized spacial score (nSPS) is 12.4. The van der Waals surface area contributed by atoms with Crippen LogP contribution >= 0.6 is 0 Å². The number of aliphatic hydroxyl groups excluding tert-OH is 1. The second kappa shape index (κ2) is 6.53. The number of methoxy groups -OCH3 is 1. The van der Waals surface area contributed by atoms with Crippen molar-refractivity contribution in [3.63, 3.8) is 0 Å². The summed E-state index contributed by atoms with van der Waals surface area (Å²) >= 11 is 0. The number of fused-ring (bicyclic) bond motifs is 1. The summed E-state index contributed by atoms with van der Waals surface area (Å²) in [5.41, 5.74) is 2.27. The van der Waals surface area contributed by atoms with E-state index in [-0.39, 0.29) is 0 Å². The van der Waals surface area contributed by atoms with E-state index in [9.17, 15) is 9.90 Å². The highest BCUT2D eigenvalue weighted by Gasteiger charge is 2.15. The predicted molar refractivity (Wildman–Crippen MR) is 77.9 cm³/mol. The van der Waals surface area contributed by atoms with Crippen LogP contribution in [0.5, 0.6) is 0 Å². The zero-order chi connectivity index (χ0) is 15.4. The van der Waals surface area contributed by atoms with Gasteiger partial charge in [-0.15, -0.1) is 0 Å². The number of ether oxygens (including phenoxy) is 1. The summed E-state index contributed by atoms with van der Waals surface area (Å²) in [5.74, 6) is 0. The summed E-state index contributed by atoms with van der Waals surface area (Å²) in [5, 5.41) is 17.7. The van der Waals surface area contributed by atoms with E-state index in [1.165, 1.54) is 7.11 Å². The number of carbonyl (C=O) groups excluding carboxylic acids is 1. The molecule has 0 aliphatic carbocycles. The highest BCUT2D eigenvalue weighted by Crippen LogP contribution is 2.22. The number of nitrogens with zero attached hydrogens (tertiary/aromatic N) is 3. The third kappa shape index (κ3) is 3.49. The topological polar surface area (TPSA) is 89.3 Å². The van der Waals surface area contributed by atoms with Gasteiger partial charge in [-0.25, -0.2) is 14.5 Å². The van der Waals surface area contributed by atoms with Crippen molar-refractivity contribution in [2.24, 2.45) is 0 Å². The van der Waals surface area contributed by atoms with Crippen molar-refractivity contribution in [1.29, 1.82) is 0 Å². The maximum absolute atomic E-state index is 11.0. The molecule has 0 aliphatic heterocycles. The van der Waals surface area contributed by atoms with Crippen molar-refractivity contribution in [3.8, 4) is 0 Å². The van der Waals surface area contributed by atoms with Crippen LogP contribution < -0.4 is 5.32 Å². The lowest BCUT2D eigenvalue weighted by molar-refractivity contribution is 0.170. The average Bonchev–Trinajstić information content (AvgIpc) is 2.81. The van der Waals surface area contributed by atoms with Gasteiger partial charge in [-0.3, -0.25) is 0 Å². The van der Waals surface area contributed by atoms with Crippen molar-refractivity contribution >= 4 is 17.1 Å². The van der Waals surface area contributed by atoms with Crippen LogP contribution in [0.15, 0.2) is 12.1 Å². The van der Waals surface area contributed by atoms with Crippen LogP contribution in [0, 0.1) is 6.92 Å². The summed E-state index contributed by atoms with van der Waals surface area (Å²) in [6, 6.07) is 3.83. The largest absolute Gasteiger partial charge is 0.453 e. The monoisotopic (exact) mass is 292 g/mol. The number of hydrogen-bond acceptors (Lipinski definition) is 5. The molecular formula is C14H20N4O3. The number of rotatable bonds is 5. The van der Waals surface area contributed by atoms with Crippen LogP contribution in [0.25, 0.3) is 11.0 Å². The molecule has 0 saturated heterocycles. The number of nitrogens with one attached hydrogen (secondary N) is 1. The molecule has 0 fully saturated rings. The van der Waals surface area contributed by atoms with E-state index in [1.807, 2.05) is 19.1 Å². The van der Waals surface area contributed by atoms with E-state index in [0.29, 0.717) is 25.2 Å². The molecule has 1 unspecified atom stereocenters. The Kier molecular flexibility index (Phi) is 4.74. The van der Waals surface area contributed by atoms with Crippen molar-refractivity contribution < 1.29 is 14.6 Å². The van der Waals surface area contributed by atoms with Crippen molar-refractivity contribution in [2.45, 2.75) is 32.9 Å². The molecule has 0 spiro atoms. The molecule has 1 amide bonds. The average molecular weight is 292 g/mol. The first kappa shape index (κ1) is 15.2. The lowest BCUT2D eigenvalue weighted by atomic mass is 10.2. The Morgan fingerprint density at radius 3 is 2.95 bits per heavy atom. The molecule has 0 saturated carbocycles. The summed E-state index contributed by atoms with van der Waals surface area (Å²) in [6.07, 6.45) is -0.397. The lowest BCUT2D eigenvalue weighted by Crippen LogP contribution is -2.25. The molecule has 2 aromatic heterocycles. The number of hydrogen-bond donors (Lipinski definition) is 2. The summed E-state index contributed by atoms with van der Waals surface area (Å²) in [6.45, 7) is 4.69. The molecular weight excluding hydrogens is 272 g/mol. The minimum atomic E-state index is -0.647. The molecule has 0 aromatic carbocycles. The van der Waals surface area contributed by atoms with Gasteiger partial charge in [0.2, 0.25) is 0 Å². The zero-order valence-electron chi connectivity index (χ0n) is 12.5. The molecule has 114 valence electrons. The highest BCUT2D eigenvalue weighted by atomic mass is 16.5. The predicted octanol–water partition coefficient (Wildman–Crippen LogP) is 1.54. The van der Waals surface area contributed by atoms with Crippen LogP contribution in [0.2, 0.25) is 0 Å². The first-order valence-corrected chi connectivity index (χ1v) is 6.87. The van der Waals surface area contributed by atoms with Gasteiger partial charge in [0.05, 0.1) is 13.2 Å². The van der Waals surface area contributed by atoms with Crippen LogP contribution in [0.4, 0.5) is 4.79 Å². The molecule has 7 heteroatoms. The van der Waals surface area contributed by atoms with Crippen molar-refractivity contribution in [2.75, 3.05) is 13.7 Å². The SMILES string of the molecule is COC(=O)NCCCn1nc(C(C)O)c2ccc(C)nc21. The number of aromatic nitrogens is 3. The molecule has 0 bridgehead atoms. The fourth-order valence-corrected chi connectivity index (χ4v) is 2.13. The number of aryl methyl sites for hydroxylation is 2. The smallest absolute Gasteiger partial charge is 0.406 e. The molecule has 0 radical (unpaired) electrons. The van der Waals surface area contributed by atoms with Gasteiger partial charge in [-0.05, 0) is 32.4 Å². The highest BCUT2D eigenvalue weighted by molar-refractivity contribution is 5.78. The molecule has 21 heavy (non-hydrogen) atoms. The quantitative estimate of drug-likeness (QED) is 0.816. The Hall–Kier alpha value is -2.15. The Labute approximate surface area is 122 Å². The van der Waals surface area contributed by atoms with Crippen LogP contribution in [0.3, 0.4) is 0 Å².